The van der Waals surface area contributed by atoms with Gasteiger partial charge in [-0.15, -0.1) is 11.3 Å². The zero-order valence-electron chi connectivity index (χ0n) is 18.5. The second kappa shape index (κ2) is 8.67. The molecule has 1 aliphatic heterocycles. The first-order valence-electron chi connectivity index (χ1n) is 10.3. The van der Waals surface area contributed by atoms with Gasteiger partial charge in [-0.05, 0) is 74.7 Å². The largest absolute Gasteiger partial charge is 0.324 e. The van der Waals surface area contributed by atoms with Crippen molar-refractivity contribution in [1.29, 1.82) is 0 Å². The number of aliphatic imine (C=N–C) groups is 1. The predicted molar refractivity (Wildman–Crippen MR) is 128 cm³/mol. The number of amides is 2. The molecule has 1 aromatic heterocycles. The quantitative estimate of drug-likeness (QED) is 0.613. The van der Waals surface area contributed by atoms with E-state index in [9.17, 15) is 14.0 Å². The molecule has 0 fully saturated rings. The summed E-state index contributed by atoms with van der Waals surface area (Å²) in [7, 11) is 0. The highest BCUT2D eigenvalue weighted by Gasteiger charge is 2.30. The predicted octanol–water partition coefficient (Wildman–Crippen LogP) is 4.94. The van der Waals surface area contributed by atoms with E-state index >= 15 is 0 Å². The van der Waals surface area contributed by atoms with Crippen LogP contribution in [0, 0.1) is 33.5 Å². The number of benzene rings is 2. The molecule has 0 aliphatic carbocycles. The van der Waals surface area contributed by atoms with Crippen LogP contribution in [-0.4, -0.2) is 30.6 Å². The Kier molecular flexibility index (Phi) is 5.93. The SMILES string of the molecule is Cc1ccc(C)c(NC(=O)CN2C(=O)CN=C(c3ccc(F)cc3)c3c2sc(C)c3C)c1. The van der Waals surface area contributed by atoms with E-state index in [0.29, 0.717) is 10.7 Å². The molecule has 0 radical (unpaired) electrons. The van der Waals surface area contributed by atoms with E-state index in [1.54, 1.807) is 12.1 Å². The number of thiophene rings is 1. The highest BCUT2D eigenvalue weighted by Crippen LogP contribution is 2.38. The summed E-state index contributed by atoms with van der Waals surface area (Å²) in [5.41, 5.74) is 5.94. The Hall–Kier alpha value is -3.32. The number of fused-ring (bicyclic) bond motifs is 1. The zero-order valence-corrected chi connectivity index (χ0v) is 19.3. The lowest BCUT2D eigenvalue weighted by Gasteiger charge is -2.20. The van der Waals surface area contributed by atoms with Gasteiger partial charge in [-0.25, -0.2) is 4.39 Å². The van der Waals surface area contributed by atoms with Crippen LogP contribution in [0.25, 0.3) is 0 Å². The summed E-state index contributed by atoms with van der Waals surface area (Å²) < 4.78 is 13.5. The van der Waals surface area contributed by atoms with Crippen LogP contribution < -0.4 is 10.2 Å². The van der Waals surface area contributed by atoms with E-state index in [-0.39, 0.29) is 30.7 Å². The Bertz CT molecular complexity index is 1240. The van der Waals surface area contributed by atoms with Gasteiger partial charge in [0.25, 0.3) is 0 Å². The minimum absolute atomic E-state index is 0.0800. The maximum Gasteiger partial charge on any atom is 0.249 e. The molecule has 0 atom stereocenters. The van der Waals surface area contributed by atoms with Gasteiger partial charge < -0.3 is 5.32 Å². The van der Waals surface area contributed by atoms with Crippen LogP contribution in [0.2, 0.25) is 0 Å². The first-order valence-corrected chi connectivity index (χ1v) is 11.1. The minimum Gasteiger partial charge on any atom is -0.324 e. The molecule has 0 unspecified atom stereocenters. The van der Waals surface area contributed by atoms with E-state index in [1.165, 1.54) is 28.4 Å². The minimum atomic E-state index is -0.331. The second-order valence-corrected chi connectivity index (χ2v) is 9.18. The molecule has 0 bridgehead atoms. The van der Waals surface area contributed by atoms with E-state index in [0.717, 1.165) is 38.4 Å². The van der Waals surface area contributed by atoms with Crippen molar-refractivity contribution >= 4 is 39.6 Å². The number of carbonyl (C=O) groups excluding carboxylic acids is 2. The van der Waals surface area contributed by atoms with Crippen molar-refractivity contribution in [3.63, 3.8) is 0 Å². The van der Waals surface area contributed by atoms with Crippen molar-refractivity contribution in [2.24, 2.45) is 4.99 Å². The van der Waals surface area contributed by atoms with Crippen molar-refractivity contribution < 1.29 is 14.0 Å². The van der Waals surface area contributed by atoms with Crippen molar-refractivity contribution in [3.05, 3.63) is 81.0 Å². The van der Waals surface area contributed by atoms with Gasteiger partial charge in [0, 0.05) is 21.7 Å². The Morgan fingerprint density at radius 1 is 1.12 bits per heavy atom. The van der Waals surface area contributed by atoms with E-state index < -0.39 is 0 Å². The summed E-state index contributed by atoms with van der Waals surface area (Å²) in [4.78, 5) is 33.1. The fourth-order valence-corrected chi connectivity index (χ4v) is 4.88. The Balaban J connectivity index is 1.69. The van der Waals surface area contributed by atoms with Gasteiger partial charge in [0.1, 0.15) is 23.9 Å². The number of hydrogen-bond acceptors (Lipinski definition) is 4. The third-order valence-corrected chi connectivity index (χ3v) is 6.84. The molecule has 5 nitrogen and oxygen atoms in total. The summed E-state index contributed by atoms with van der Waals surface area (Å²) in [5, 5.41) is 3.63. The zero-order chi connectivity index (χ0) is 23.0. The van der Waals surface area contributed by atoms with Crippen molar-refractivity contribution in [3.8, 4) is 0 Å². The number of nitrogens with one attached hydrogen (secondary N) is 1. The van der Waals surface area contributed by atoms with Crippen molar-refractivity contribution in [2.45, 2.75) is 27.7 Å². The van der Waals surface area contributed by atoms with Crippen LogP contribution >= 0.6 is 11.3 Å². The monoisotopic (exact) mass is 449 g/mol. The standard InChI is InChI=1S/C25H24FN3O2S/c1-14-5-6-15(2)20(11-14)28-21(30)13-29-22(31)12-27-24(18-7-9-19(26)10-8-18)23-16(3)17(4)32-25(23)29/h5-11H,12-13H2,1-4H3,(H,28,30). The summed E-state index contributed by atoms with van der Waals surface area (Å²) >= 11 is 1.47. The second-order valence-electron chi connectivity index (χ2n) is 7.98. The van der Waals surface area contributed by atoms with Gasteiger partial charge in [-0.2, -0.15) is 0 Å². The molecule has 0 saturated carbocycles. The number of anilines is 2. The Morgan fingerprint density at radius 3 is 2.56 bits per heavy atom. The molecular formula is C25H24FN3O2S. The van der Waals surface area contributed by atoms with Crippen molar-refractivity contribution in [2.75, 3.05) is 23.3 Å². The number of halogens is 1. The van der Waals surface area contributed by atoms with Gasteiger partial charge in [0.15, 0.2) is 0 Å². The van der Waals surface area contributed by atoms with Crippen LogP contribution in [0.1, 0.15) is 32.7 Å². The highest BCUT2D eigenvalue weighted by molar-refractivity contribution is 7.17. The van der Waals surface area contributed by atoms with Gasteiger partial charge in [0.05, 0.1) is 5.71 Å². The van der Waals surface area contributed by atoms with Crippen molar-refractivity contribution in [1.82, 2.24) is 0 Å². The third-order valence-electron chi connectivity index (χ3n) is 5.61. The number of carbonyl (C=O) groups is 2. The Morgan fingerprint density at radius 2 is 1.84 bits per heavy atom. The maximum atomic E-state index is 13.5. The normalized spacial score (nSPS) is 13.5. The Labute approximate surface area is 190 Å². The molecule has 2 amide bonds. The first-order chi connectivity index (χ1) is 15.2. The van der Waals surface area contributed by atoms with Gasteiger partial charge in [-0.3, -0.25) is 19.5 Å². The number of rotatable bonds is 4. The molecular weight excluding hydrogens is 425 g/mol. The van der Waals surface area contributed by atoms with E-state index in [1.807, 2.05) is 45.9 Å². The smallest absolute Gasteiger partial charge is 0.249 e. The van der Waals surface area contributed by atoms with Crippen LogP contribution in [0.4, 0.5) is 15.1 Å². The molecule has 1 N–H and O–H groups in total. The average molecular weight is 450 g/mol. The van der Waals surface area contributed by atoms with E-state index in [4.69, 9.17) is 0 Å². The summed E-state index contributed by atoms with van der Waals surface area (Å²) in [6, 6.07) is 12.0. The van der Waals surface area contributed by atoms with Crippen LogP contribution in [0.3, 0.4) is 0 Å². The lowest BCUT2D eigenvalue weighted by molar-refractivity contribution is -0.120. The van der Waals surface area contributed by atoms with Gasteiger partial charge in [-0.1, -0.05) is 12.1 Å². The fraction of sp³-hybridized carbons (Fsp3) is 0.240. The number of hydrogen-bond donors (Lipinski definition) is 1. The molecule has 0 spiro atoms. The van der Waals surface area contributed by atoms with E-state index in [2.05, 4.69) is 10.3 Å². The molecule has 2 aromatic carbocycles. The highest BCUT2D eigenvalue weighted by atomic mass is 32.1. The maximum absolute atomic E-state index is 13.5. The van der Waals surface area contributed by atoms with Crippen LogP contribution in [0.15, 0.2) is 47.5 Å². The number of aryl methyl sites for hydroxylation is 3. The lowest BCUT2D eigenvalue weighted by Crippen LogP contribution is -2.38. The average Bonchev–Trinajstić information content (AvgIpc) is 2.97. The van der Waals surface area contributed by atoms with Gasteiger partial charge in [0.2, 0.25) is 11.8 Å². The molecule has 3 aromatic rings. The number of nitrogens with zero attached hydrogens (tertiary/aromatic N) is 2. The van der Waals surface area contributed by atoms with Crippen LogP contribution in [0.5, 0.6) is 0 Å². The molecule has 7 heteroatoms. The summed E-state index contributed by atoms with van der Waals surface area (Å²) in [6.07, 6.45) is 0. The molecule has 0 saturated heterocycles. The van der Waals surface area contributed by atoms with Gasteiger partial charge >= 0.3 is 0 Å². The molecule has 164 valence electrons. The summed E-state index contributed by atoms with van der Waals surface area (Å²) in [6.45, 7) is 7.67. The molecule has 1 aliphatic rings. The van der Waals surface area contributed by atoms with Crippen LogP contribution in [-0.2, 0) is 9.59 Å². The fourth-order valence-electron chi connectivity index (χ4n) is 3.71. The first kappa shape index (κ1) is 21.9. The summed E-state index contributed by atoms with van der Waals surface area (Å²) in [5.74, 6) is -0.852. The molecule has 32 heavy (non-hydrogen) atoms. The topological polar surface area (TPSA) is 61.8 Å². The lowest BCUT2D eigenvalue weighted by atomic mass is 10.00. The third kappa shape index (κ3) is 4.21. The molecule has 4 rings (SSSR count). The molecule has 2 heterocycles.